The number of hydrogen-bond acceptors (Lipinski definition) is 2. The van der Waals surface area contributed by atoms with Crippen molar-refractivity contribution in [2.45, 2.75) is 5.12 Å². The fourth-order valence-corrected chi connectivity index (χ4v) is 0. The van der Waals surface area contributed by atoms with Crippen LogP contribution in [0.4, 0.5) is 0 Å². The summed E-state index contributed by atoms with van der Waals surface area (Å²) in [6, 6.07) is 0. The van der Waals surface area contributed by atoms with Gasteiger partial charge in [0.25, 0.3) is 0 Å². The summed E-state index contributed by atoms with van der Waals surface area (Å²) in [6.45, 7) is 0. The molecule has 0 aromatic heterocycles. The van der Waals surface area contributed by atoms with Gasteiger partial charge in [-0.2, -0.15) is 0 Å². The minimum atomic E-state index is -1.35. The van der Waals surface area contributed by atoms with Crippen LogP contribution in [0.2, 0.25) is 0 Å². The lowest BCUT2D eigenvalue weighted by atomic mass is 10.6. The second-order valence-corrected chi connectivity index (χ2v) is 1.81. The third-order valence-corrected chi connectivity index (χ3v) is 0.749. The molecule has 0 amide bonds. The molecule has 0 unspecified atom stereocenters. The monoisotopic (exact) mass is 127 g/mol. The van der Waals surface area contributed by atoms with E-state index >= 15 is 0 Å². The van der Waals surface area contributed by atoms with E-state index < -0.39 is 5.12 Å². The van der Waals surface area contributed by atoms with Crippen LogP contribution in [-0.2, 0) is 0 Å². The highest BCUT2D eigenvalue weighted by atomic mass is 35.5. The highest BCUT2D eigenvalue weighted by Crippen LogP contribution is 2.03. The van der Waals surface area contributed by atoms with Gasteiger partial charge in [0.05, 0.1) is 5.88 Å². The summed E-state index contributed by atoms with van der Waals surface area (Å²) in [5.74, 6) is 0.981. The zero-order chi connectivity index (χ0) is 5.21. The zero-order valence-corrected chi connectivity index (χ0v) is 4.50. The molecular formula is C2H5Cl2N2. The Labute approximate surface area is 46.4 Å². The van der Waals surface area contributed by atoms with E-state index in [-0.39, 0.29) is 0 Å². The van der Waals surface area contributed by atoms with Gasteiger partial charge < -0.3 is 0 Å². The van der Waals surface area contributed by atoms with Crippen LogP contribution in [0, 0.1) is 5.88 Å². The number of halogens is 2. The maximum absolute atomic E-state index is 5.09. The van der Waals surface area contributed by atoms with Crippen LogP contribution in [0.3, 0.4) is 0 Å². The Balaban J connectivity index is 3.17. The number of hydrogen-bond donors (Lipinski definition) is 2. The molecule has 0 rings (SSSR count). The molecule has 0 saturated heterocycles. The number of nitrogens with two attached hydrogens (primary N) is 2. The van der Waals surface area contributed by atoms with Gasteiger partial charge in [-0.15, -0.1) is 11.6 Å². The van der Waals surface area contributed by atoms with E-state index in [4.69, 9.17) is 34.7 Å². The first-order valence-electron chi connectivity index (χ1n) is 1.27. The first-order valence-corrected chi connectivity index (χ1v) is 2.09. The van der Waals surface area contributed by atoms with Crippen molar-refractivity contribution in [2.24, 2.45) is 11.5 Å². The molecule has 0 fully saturated rings. The normalized spacial score (nSPS) is 12.0. The number of rotatable bonds is 1. The fraction of sp³-hybridized carbons (Fsp3) is 0.500. The molecule has 0 spiro atoms. The first-order chi connectivity index (χ1) is 2.56. The largest absolute Gasteiger partial charge is 0.299 e. The molecule has 0 heterocycles. The molecule has 0 atom stereocenters. The Morgan fingerprint density at radius 1 is 1.50 bits per heavy atom. The SMILES string of the molecule is NC(N)(Cl)[CH]Cl. The van der Waals surface area contributed by atoms with Gasteiger partial charge >= 0.3 is 0 Å². The van der Waals surface area contributed by atoms with Gasteiger partial charge in [0.15, 0.2) is 5.12 Å². The lowest BCUT2D eigenvalue weighted by Gasteiger charge is -2.07. The minimum Gasteiger partial charge on any atom is -0.299 e. The second-order valence-electron chi connectivity index (χ2n) is 0.936. The van der Waals surface area contributed by atoms with E-state index in [1.165, 1.54) is 0 Å². The molecule has 0 aromatic carbocycles. The van der Waals surface area contributed by atoms with Crippen molar-refractivity contribution in [3.63, 3.8) is 0 Å². The van der Waals surface area contributed by atoms with Crippen LogP contribution >= 0.6 is 23.2 Å². The average Bonchev–Trinajstić information content (AvgIpc) is 1.35. The Kier molecular flexibility index (Phi) is 2.15. The summed E-state index contributed by atoms with van der Waals surface area (Å²) in [5, 5.41) is -1.35. The zero-order valence-electron chi connectivity index (χ0n) is 2.99. The van der Waals surface area contributed by atoms with Crippen molar-refractivity contribution in [3.05, 3.63) is 5.88 Å². The molecular weight excluding hydrogens is 123 g/mol. The van der Waals surface area contributed by atoms with Gasteiger partial charge in [-0.25, -0.2) is 0 Å². The smallest absolute Gasteiger partial charge is 0.159 e. The molecule has 1 radical (unpaired) electrons. The van der Waals surface area contributed by atoms with Gasteiger partial charge in [0, 0.05) is 0 Å². The van der Waals surface area contributed by atoms with Crippen LogP contribution in [-0.4, -0.2) is 5.12 Å². The second kappa shape index (κ2) is 1.98. The maximum Gasteiger partial charge on any atom is 0.159 e. The standard InChI is InChI=1S/C2H5Cl2N2/c3-1-2(4,5)6/h1H,5-6H2. The summed E-state index contributed by atoms with van der Waals surface area (Å²) in [5.41, 5.74) is 9.78. The summed E-state index contributed by atoms with van der Waals surface area (Å²) < 4.78 is 0. The summed E-state index contributed by atoms with van der Waals surface area (Å²) in [7, 11) is 0. The quantitative estimate of drug-likeness (QED) is 0.301. The van der Waals surface area contributed by atoms with E-state index in [2.05, 4.69) is 0 Å². The topological polar surface area (TPSA) is 52.0 Å². The highest BCUT2D eigenvalue weighted by Gasteiger charge is 2.10. The van der Waals surface area contributed by atoms with Crippen LogP contribution < -0.4 is 11.5 Å². The molecule has 37 valence electrons. The van der Waals surface area contributed by atoms with Crippen LogP contribution in [0.25, 0.3) is 0 Å². The van der Waals surface area contributed by atoms with Crippen LogP contribution in [0.15, 0.2) is 0 Å². The highest BCUT2D eigenvalue weighted by molar-refractivity contribution is 6.33. The lowest BCUT2D eigenvalue weighted by molar-refractivity contribution is 0.764. The van der Waals surface area contributed by atoms with Crippen molar-refractivity contribution in [1.82, 2.24) is 0 Å². The Bertz CT molecular complexity index is 39.3. The molecule has 0 aliphatic heterocycles. The molecule has 0 saturated carbocycles. The molecule has 4 N–H and O–H groups in total. The molecule has 2 nitrogen and oxygen atoms in total. The Morgan fingerprint density at radius 3 is 1.67 bits per heavy atom. The van der Waals surface area contributed by atoms with E-state index in [9.17, 15) is 0 Å². The third-order valence-electron chi connectivity index (χ3n) is 0.167. The minimum absolute atomic E-state index is 0.981. The van der Waals surface area contributed by atoms with Crippen LogP contribution in [0.1, 0.15) is 0 Å². The van der Waals surface area contributed by atoms with Gasteiger partial charge in [0.1, 0.15) is 0 Å². The predicted molar refractivity (Wildman–Crippen MR) is 27.1 cm³/mol. The van der Waals surface area contributed by atoms with Crippen molar-refractivity contribution in [3.8, 4) is 0 Å². The van der Waals surface area contributed by atoms with E-state index in [1.54, 1.807) is 0 Å². The van der Waals surface area contributed by atoms with Crippen molar-refractivity contribution < 1.29 is 0 Å². The third kappa shape index (κ3) is 4.50. The summed E-state index contributed by atoms with van der Waals surface area (Å²) in [6.07, 6.45) is 0. The number of alkyl halides is 1. The molecule has 0 aliphatic rings. The molecule has 6 heavy (non-hydrogen) atoms. The van der Waals surface area contributed by atoms with Gasteiger partial charge in [-0.3, -0.25) is 11.5 Å². The van der Waals surface area contributed by atoms with Crippen molar-refractivity contribution in [2.75, 3.05) is 0 Å². The van der Waals surface area contributed by atoms with E-state index in [1.807, 2.05) is 0 Å². The summed E-state index contributed by atoms with van der Waals surface area (Å²) in [4.78, 5) is 0. The van der Waals surface area contributed by atoms with Crippen molar-refractivity contribution >= 4 is 23.2 Å². The lowest BCUT2D eigenvalue weighted by Crippen LogP contribution is -2.42. The van der Waals surface area contributed by atoms with Gasteiger partial charge in [-0.1, -0.05) is 11.6 Å². The summed E-state index contributed by atoms with van der Waals surface area (Å²) >= 11 is 10.1. The predicted octanol–water partition coefficient (Wildman–Crippen LogP) is 0.197. The maximum atomic E-state index is 5.09. The molecule has 4 heteroatoms. The fourth-order valence-electron chi connectivity index (χ4n) is 0. The molecule has 0 aromatic rings. The Morgan fingerprint density at radius 2 is 1.67 bits per heavy atom. The van der Waals surface area contributed by atoms with Crippen LogP contribution in [0.5, 0.6) is 0 Å². The molecule has 0 aliphatic carbocycles. The van der Waals surface area contributed by atoms with Gasteiger partial charge in [0.2, 0.25) is 0 Å². The van der Waals surface area contributed by atoms with Crippen molar-refractivity contribution in [1.29, 1.82) is 0 Å². The van der Waals surface area contributed by atoms with E-state index in [0.29, 0.717) is 0 Å². The van der Waals surface area contributed by atoms with E-state index in [0.717, 1.165) is 5.88 Å². The molecule has 0 bridgehead atoms. The van der Waals surface area contributed by atoms with Gasteiger partial charge in [-0.05, 0) is 0 Å². The average molecular weight is 128 g/mol. The Hall–Kier alpha value is 0.500. The first kappa shape index (κ1) is 6.50.